The van der Waals surface area contributed by atoms with Gasteiger partial charge in [0.25, 0.3) is 0 Å². The number of nitrogens with zero attached hydrogens (tertiary/aromatic N) is 3. The van der Waals surface area contributed by atoms with Gasteiger partial charge in [-0.05, 0) is 6.07 Å². The van der Waals surface area contributed by atoms with Gasteiger partial charge in [-0.25, -0.2) is 9.97 Å². The summed E-state index contributed by atoms with van der Waals surface area (Å²) in [7, 11) is 1.61. The first-order valence-corrected chi connectivity index (χ1v) is 5.57. The molecule has 17 heavy (non-hydrogen) atoms. The molecule has 0 aliphatic carbocycles. The minimum Gasteiger partial charge on any atom is -0.395 e. The van der Waals surface area contributed by atoms with E-state index in [-0.39, 0.29) is 11.6 Å². The molecule has 0 amide bonds. The van der Waals surface area contributed by atoms with Crippen LogP contribution < -0.4 is 10.6 Å². The van der Waals surface area contributed by atoms with Crippen LogP contribution in [0.4, 0.5) is 5.95 Å². The topological polar surface area (TPSA) is 84.5 Å². The quantitative estimate of drug-likeness (QED) is 0.639. The van der Waals surface area contributed by atoms with Crippen molar-refractivity contribution in [1.82, 2.24) is 9.97 Å². The van der Waals surface area contributed by atoms with Crippen LogP contribution in [0.3, 0.4) is 0 Å². The predicted molar refractivity (Wildman–Crippen MR) is 69.1 cm³/mol. The van der Waals surface area contributed by atoms with Gasteiger partial charge < -0.3 is 20.5 Å². The maximum atomic E-state index is 8.99. The Hall–Kier alpha value is -1.31. The molecule has 1 aromatic heterocycles. The number of hydrogen-bond acceptors (Lipinski definition) is 6. The largest absolute Gasteiger partial charge is 0.395 e. The summed E-state index contributed by atoms with van der Waals surface area (Å²) < 4.78 is 4.99. The zero-order valence-corrected chi connectivity index (χ0v) is 10.5. The van der Waals surface area contributed by atoms with Crippen molar-refractivity contribution in [2.24, 2.45) is 5.73 Å². The van der Waals surface area contributed by atoms with E-state index in [2.05, 4.69) is 9.97 Å². The Morgan fingerprint density at radius 3 is 2.94 bits per heavy atom. The summed E-state index contributed by atoms with van der Waals surface area (Å²) in [5, 5.41) is 8.99. The maximum absolute atomic E-state index is 8.99. The van der Waals surface area contributed by atoms with Gasteiger partial charge in [0.15, 0.2) is 0 Å². The molecule has 1 heterocycles. The van der Waals surface area contributed by atoms with Crippen LogP contribution in [0, 0.1) is 0 Å². The van der Waals surface area contributed by atoms with E-state index in [1.54, 1.807) is 19.4 Å². The maximum Gasteiger partial charge on any atom is 0.226 e. The first kappa shape index (κ1) is 13.8. The van der Waals surface area contributed by atoms with Crippen molar-refractivity contribution in [2.45, 2.75) is 0 Å². The average molecular weight is 256 g/mol. The number of ether oxygens (including phenoxy) is 1. The van der Waals surface area contributed by atoms with E-state index in [1.807, 2.05) is 4.90 Å². The zero-order chi connectivity index (χ0) is 12.7. The first-order valence-electron chi connectivity index (χ1n) is 5.16. The second-order valence-electron chi connectivity index (χ2n) is 3.31. The number of aliphatic hydroxyl groups is 1. The van der Waals surface area contributed by atoms with Crippen LogP contribution in [0.15, 0.2) is 12.3 Å². The number of thiocarbonyl (C=S) groups is 1. The Kier molecular flexibility index (Phi) is 5.75. The standard InChI is InChI=1S/C10H16N4O2S/c1-16-7-5-14(4-6-15)10-12-3-2-8(13-10)9(11)17/h2-3,15H,4-7H2,1H3,(H2,11,17). The predicted octanol–water partition coefficient (Wildman–Crippen LogP) is -0.444. The molecule has 0 unspecified atom stereocenters. The number of nitrogens with two attached hydrogens (primary N) is 1. The minimum atomic E-state index is 0.0182. The molecule has 94 valence electrons. The first-order chi connectivity index (χ1) is 8.19. The van der Waals surface area contributed by atoms with E-state index in [4.69, 9.17) is 27.8 Å². The highest BCUT2D eigenvalue weighted by atomic mass is 32.1. The summed E-state index contributed by atoms with van der Waals surface area (Å²) in [6.45, 7) is 1.58. The molecule has 0 saturated carbocycles. The van der Waals surface area contributed by atoms with E-state index in [1.165, 1.54) is 0 Å². The van der Waals surface area contributed by atoms with Crippen molar-refractivity contribution in [2.75, 3.05) is 38.3 Å². The van der Waals surface area contributed by atoms with Gasteiger partial charge >= 0.3 is 0 Å². The van der Waals surface area contributed by atoms with Crippen LogP contribution in [-0.4, -0.2) is 53.5 Å². The van der Waals surface area contributed by atoms with Crippen molar-refractivity contribution in [3.63, 3.8) is 0 Å². The summed E-state index contributed by atoms with van der Waals surface area (Å²) in [6.07, 6.45) is 1.59. The van der Waals surface area contributed by atoms with Crippen molar-refractivity contribution in [1.29, 1.82) is 0 Å². The van der Waals surface area contributed by atoms with Crippen LogP contribution in [0.2, 0.25) is 0 Å². The third kappa shape index (κ3) is 4.22. The molecule has 0 saturated heterocycles. The van der Waals surface area contributed by atoms with E-state index in [0.717, 1.165) is 0 Å². The zero-order valence-electron chi connectivity index (χ0n) is 9.67. The molecule has 0 aliphatic heterocycles. The molecule has 0 aromatic carbocycles. The van der Waals surface area contributed by atoms with Gasteiger partial charge in [0.05, 0.1) is 13.2 Å². The Labute approximate surface area is 105 Å². The van der Waals surface area contributed by atoms with E-state index in [9.17, 15) is 0 Å². The Balaban J connectivity index is 2.84. The molecular weight excluding hydrogens is 240 g/mol. The Bertz CT molecular complexity index is 375. The van der Waals surface area contributed by atoms with Gasteiger partial charge in [0, 0.05) is 26.4 Å². The molecular formula is C10H16N4O2S. The number of aromatic nitrogens is 2. The second-order valence-corrected chi connectivity index (χ2v) is 3.75. The summed E-state index contributed by atoms with van der Waals surface area (Å²) in [4.78, 5) is 10.4. The lowest BCUT2D eigenvalue weighted by atomic mass is 10.4. The van der Waals surface area contributed by atoms with Gasteiger partial charge in [0.1, 0.15) is 10.7 Å². The van der Waals surface area contributed by atoms with Crippen LogP contribution in [0.1, 0.15) is 5.69 Å². The highest BCUT2D eigenvalue weighted by molar-refractivity contribution is 7.80. The third-order valence-corrected chi connectivity index (χ3v) is 2.32. The molecule has 0 atom stereocenters. The van der Waals surface area contributed by atoms with Gasteiger partial charge in [-0.2, -0.15) is 0 Å². The van der Waals surface area contributed by atoms with Crippen LogP contribution in [0.5, 0.6) is 0 Å². The molecule has 1 rings (SSSR count). The molecule has 1 aromatic rings. The van der Waals surface area contributed by atoms with Gasteiger partial charge in [-0.3, -0.25) is 0 Å². The SMILES string of the molecule is COCCN(CCO)c1nccc(C(N)=S)n1. The molecule has 0 radical (unpaired) electrons. The van der Waals surface area contributed by atoms with Gasteiger partial charge in [0.2, 0.25) is 5.95 Å². The molecule has 7 heteroatoms. The smallest absolute Gasteiger partial charge is 0.226 e. The fourth-order valence-corrected chi connectivity index (χ4v) is 1.39. The Morgan fingerprint density at radius 2 is 2.35 bits per heavy atom. The number of hydrogen-bond donors (Lipinski definition) is 2. The molecule has 0 aliphatic rings. The molecule has 3 N–H and O–H groups in total. The van der Waals surface area contributed by atoms with E-state index < -0.39 is 0 Å². The van der Waals surface area contributed by atoms with Crippen LogP contribution >= 0.6 is 12.2 Å². The fraction of sp³-hybridized carbons (Fsp3) is 0.500. The molecule has 0 fully saturated rings. The summed E-state index contributed by atoms with van der Waals surface area (Å²) in [5.41, 5.74) is 6.02. The van der Waals surface area contributed by atoms with E-state index in [0.29, 0.717) is 31.3 Å². The summed E-state index contributed by atoms with van der Waals surface area (Å²) in [5.74, 6) is 0.487. The monoisotopic (exact) mass is 256 g/mol. The lowest BCUT2D eigenvalue weighted by Gasteiger charge is -2.21. The number of methoxy groups -OCH3 is 1. The molecule has 6 nitrogen and oxygen atoms in total. The minimum absolute atomic E-state index is 0.0182. The summed E-state index contributed by atoms with van der Waals surface area (Å²) in [6, 6.07) is 1.65. The van der Waals surface area contributed by atoms with Crippen molar-refractivity contribution < 1.29 is 9.84 Å². The molecule has 0 spiro atoms. The average Bonchev–Trinajstić information content (AvgIpc) is 2.34. The highest BCUT2D eigenvalue weighted by Crippen LogP contribution is 2.07. The van der Waals surface area contributed by atoms with Crippen LogP contribution in [-0.2, 0) is 4.74 Å². The number of rotatable bonds is 7. The van der Waals surface area contributed by atoms with Gasteiger partial charge in [-0.1, -0.05) is 12.2 Å². The molecule has 0 bridgehead atoms. The normalized spacial score (nSPS) is 10.2. The number of aliphatic hydroxyl groups excluding tert-OH is 1. The van der Waals surface area contributed by atoms with Crippen molar-refractivity contribution >= 4 is 23.2 Å². The van der Waals surface area contributed by atoms with Crippen molar-refractivity contribution in [3.05, 3.63) is 18.0 Å². The Morgan fingerprint density at radius 1 is 1.59 bits per heavy atom. The van der Waals surface area contributed by atoms with Crippen LogP contribution in [0.25, 0.3) is 0 Å². The second kappa shape index (κ2) is 7.10. The third-order valence-electron chi connectivity index (χ3n) is 2.11. The fourth-order valence-electron chi connectivity index (χ4n) is 1.27. The number of anilines is 1. The van der Waals surface area contributed by atoms with Crippen molar-refractivity contribution in [3.8, 4) is 0 Å². The van der Waals surface area contributed by atoms with E-state index >= 15 is 0 Å². The lowest BCUT2D eigenvalue weighted by Crippen LogP contribution is -2.32. The highest BCUT2D eigenvalue weighted by Gasteiger charge is 2.10. The summed E-state index contributed by atoms with van der Waals surface area (Å²) >= 11 is 4.86. The lowest BCUT2D eigenvalue weighted by molar-refractivity contribution is 0.202. The van der Waals surface area contributed by atoms with Gasteiger partial charge in [-0.15, -0.1) is 0 Å².